The van der Waals surface area contributed by atoms with Crippen molar-refractivity contribution < 1.29 is 49.5 Å². The number of carbonyl (C=O) groups is 2. The number of rotatable bonds is 7. The molecule has 1 aliphatic rings. The summed E-state index contributed by atoms with van der Waals surface area (Å²) < 4.78 is 106. The van der Waals surface area contributed by atoms with Crippen LogP contribution in [0.4, 0.5) is 35.1 Å². The highest BCUT2D eigenvalue weighted by molar-refractivity contribution is 6.34. The SMILES string of the molecule is O=C(CNC(=O)c1ccc(C2=CC(c3cc(Cl)cc(Cl)c3)(C(F)(F)F)ON2)c2ccccc12)NCC(F)(F)C(F)(F)F. The zero-order valence-corrected chi connectivity index (χ0v) is 22.2. The molecule has 1 unspecified atom stereocenters. The third kappa shape index (κ3) is 6.10. The Hall–Kier alpha value is -3.62. The van der Waals surface area contributed by atoms with Gasteiger partial charge >= 0.3 is 18.3 Å². The molecule has 16 heteroatoms. The number of alkyl halides is 8. The van der Waals surface area contributed by atoms with Crippen molar-refractivity contribution in [3.05, 3.63) is 87.4 Å². The van der Waals surface area contributed by atoms with Crippen LogP contribution >= 0.6 is 23.2 Å². The predicted octanol–water partition coefficient (Wildman–Crippen LogP) is 6.52. The second kappa shape index (κ2) is 11.2. The third-order valence-electron chi connectivity index (χ3n) is 6.17. The fraction of sp³-hybridized carbons (Fsp3) is 0.231. The molecule has 1 heterocycles. The Balaban J connectivity index is 1.61. The molecule has 0 saturated heterocycles. The summed E-state index contributed by atoms with van der Waals surface area (Å²) in [5, 5.41) is 3.89. The Bertz CT molecular complexity index is 1560. The lowest BCUT2D eigenvalue weighted by Gasteiger charge is -2.28. The molecule has 0 aliphatic carbocycles. The van der Waals surface area contributed by atoms with Crippen molar-refractivity contribution in [2.45, 2.75) is 23.9 Å². The third-order valence-corrected chi connectivity index (χ3v) is 6.61. The number of hydroxylamine groups is 1. The first-order valence-corrected chi connectivity index (χ1v) is 12.4. The molecular weight excluding hydrogens is 625 g/mol. The molecule has 1 aliphatic heterocycles. The van der Waals surface area contributed by atoms with Crippen LogP contribution in [0.2, 0.25) is 10.0 Å². The van der Waals surface area contributed by atoms with E-state index >= 15 is 0 Å². The number of fused-ring (bicyclic) bond motifs is 1. The van der Waals surface area contributed by atoms with Crippen LogP contribution in [0.25, 0.3) is 16.5 Å². The average Bonchev–Trinajstić information content (AvgIpc) is 3.36. The van der Waals surface area contributed by atoms with Gasteiger partial charge in [-0.15, -0.1) is 0 Å². The fourth-order valence-corrected chi connectivity index (χ4v) is 4.63. The Morgan fingerprint density at radius 2 is 1.48 bits per heavy atom. The van der Waals surface area contributed by atoms with E-state index in [4.69, 9.17) is 28.0 Å². The molecule has 42 heavy (non-hydrogen) atoms. The maximum Gasteiger partial charge on any atom is 0.455 e. The molecule has 0 spiro atoms. The minimum atomic E-state index is -5.88. The van der Waals surface area contributed by atoms with Crippen molar-refractivity contribution in [2.75, 3.05) is 13.1 Å². The Kier molecular flexibility index (Phi) is 8.37. The van der Waals surface area contributed by atoms with Crippen LogP contribution in [0.1, 0.15) is 21.5 Å². The minimum absolute atomic E-state index is 0.0601. The summed E-state index contributed by atoms with van der Waals surface area (Å²) in [6, 6.07) is 11.9. The number of hydrogen-bond donors (Lipinski definition) is 3. The van der Waals surface area contributed by atoms with Gasteiger partial charge in [0, 0.05) is 26.7 Å². The molecular formula is C26H17Cl2F8N3O3. The van der Waals surface area contributed by atoms with Gasteiger partial charge in [-0.1, -0.05) is 53.5 Å². The monoisotopic (exact) mass is 641 g/mol. The van der Waals surface area contributed by atoms with Gasteiger partial charge in [0.05, 0.1) is 18.8 Å². The maximum atomic E-state index is 14.4. The van der Waals surface area contributed by atoms with Crippen LogP contribution in [-0.2, 0) is 15.2 Å². The summed E-state index contributed by atoms with van der Waals surface area (Å²) in [7, 11) is 0. The summed E-state index contributed by atoms with van der Waals surface area (Å²) in [4.78, 5) is 29.7. The van der Waals surface area contributed by atoms with Gasteiger partial charge in [-0.25, -0.2) is 0 Å². The molecule has 1 atom stereocenters. The Morgan fingerprint density at radius 3 is 2.07 bits per heavy atom. The lowest BCUT2D eigenvalue weighted by atomic mass is 9.90. The molecule has 2 amide bonds. The van der Waals surface area contributed by atoms with Gasteiger partial charge in [0.2, 0.25) is 11.5 Å². The quantitative estimate of drug-likeness (QED) is 0.257. The number of nitrogens with one attached hydrogen (secondary N) is 3. The molecule has 224 valence electrons. The van der Waals surface area contributed by atoms with E-state index in [1.165, 1.54) is 41.7 Å². The highest BCUT2D eigenvalue weighted by atomic mass is 35.5. The first-order valence-electron chi connectivity index (χ1n) is 11.7. The van der Waals surface area contributed by atoms with Crippen LogP contribution in [0.3, 0.4) is 0 Å². The smallest absolute Gasteiger partial charge is 0.348 e. The van der Waals surface area contributed by atoms with Crippen LogP contribution in [0, 0.1) is 0 Å². The van der Waals surface area contributed by atoms with Gasteiger partial charge in [0.1, 0.15) is 0 Å². The molecule has 3 N–H and O–H groups in total. The van der Waals surface area contributed by atoms with Crippen molar-refractivity contribution in [2.24, 2.45) is 0 Å². The molecule has 3 aromatic carbocycles. The molecule has 6 nitrogen and oxygen atoms in total. The standard InChI is InChI=1S/C26H17Cl2F8N3O3/c27-14-7-13(8-15(28)9-14)23(25(31,32)33)10-20(39-42-23)18-5-6-19(17-4-2-1-3-16(17)18)22(41)37-11-21(40)38-12-24(29,30)26(34,35)36/h1-10,39H,11-12H2,(H,37,41)(H,38,40). The van der Waals surface area contributed by atoms with Crippen molar-refractivity contribution >= 4 is 51.5 Å². The summed E-state index contributed by atoms with van der Waals surface area (Å²) in [6.07, 6.45) is -10.1. The highest BCUT2D eigenvalue weighted by Crippen LogP contribution is 2.48. The molecule has 0 fully saturated rings. The second-order valence-electron chi connectivity index (χ2n) is 9.02. The maximum absolute atomic E-state index is 14.4. The van der Waals surface area contributed by atoms with Gasteiger partial charge in [-0.3, -0.25) is 19.9 Å². The summed E-state index contributed by atoms with van der Waals surface area (Å²) >= 11 is 11.9. The van der Waals surface area contributed by atoms with Crippen molar-refractivity contribution in [1.29, 1.82) is 0 Å². The molecule has 0 radical (unpaired) electrons. The summed E-state index contributed by atoms with van der Waals surface area (Å²) in [5.41, 5.74) is -1.09. The summed E-state index contributed by atoms with van der Waals surface area (Å²) in [5.74, 6) is -7.39. The van der Waals surface area contributed by atoms with E-state index in [0.717, 1.165) is 18.2 Å². The first kappa shape index (κ1) is 31.3. The number of hydrogen-bond acceptors (Lipinski definition) is 4. The van der Waals surface area contributed by atoms with E-state index in [1.54, 1.807) is 6.07 Å². The first-order chi connectivity index (χ1) is 19.4. The van der Waals surface area contributed by atoms with E-state index in [1.807, 2.05) is 0 Å². The van der Waals surface area contributed by atoms with E-state index in [2.05, 4.69) is 10.8 Å². The Morgan fingerprint density at radius 1 is 0.857 bits per heavy atom. The van der Waals surface area contributed by atoms with E-state index in [-0.39, 0.29) is 37.6 Å². The van der Waals surface area contributed by atoms with Crippen LogP contribution in [0.15, 0.2) is 60.7 Å². The van der Waals surface area contributed by atoms with Crippen LogP contribution in [0.5, 0.6) is 0 Å². The van der Waals surface area contributed by atoms with Gasteiger partial charge in [-0.05, 0) is 41.1 Å². The number of carbonyl (C=O) groups excluding carboxylic acids is 2. The van der Waals surface area contributed by atoms with E-state index in [0.29, 0.717) is 0 Å². The van der Waals surface area contributed by atoms with Gasteiger partial charge in [0.15, 0.2) is 0 Å². The van der Waals surface area contributed by atoms with Crippen LogP contribution < -0.4 is 16.1 Å². The number of benzene rings is 3. The molecule has 0 bridgehead atoms. The molecule has 0 saturated carbocycles. The number of amides is 2. The van der Waals surface area contributed by atoms with Crippen molar-refractivity contribution in [3.8, 4) is 0 Å². The molecule has 4 rings (SSSR count). The topological polar surface area (TPSA) is 79.5 Å². The predicted molar refractivity (Wildman–Crippen MR) is 137 cm³/mol. The zero-order chi connectivity index (χ0) is 31.1. The van der Waals surface area contributed by atoms with Crippen molar-refractivity contribution in [3.63, 3.8) is 0 Å². The van der Waals surface area contributed by atoms with E-state index in [9.17, 15) is 44.7 Å². The van der Waals surface area contributed by atoms with E-state index < -0.39 is 54.3 Å². The van der Waals surface area contributed by atoms with Gasteiger partial charge in [0.25, 0.3) is 5.91 Å². The lowest BCUT2D eigenvalue weighted by molar-refractivity contribution is -0.278. The average molecular weight is 642 g/mol. The fourth-order valence-electron chi connectivity index (χ4n) is 4.10. The molecule has 3 aromatic rings. The Labute approximate surface area is 241 Å². The second-order valence-corrected chi connectivity index (χ2v) is 9.89. The van der Waals surface area contributed by atoms with Gasteiger partial charge in [-0.2, -0.15) is 35.1 Å². The summed E-state index contributed by atoms with van der Waals surface area (Å²) in [6.45, 7) is -2.95. The molecule has 0 aromatic heterocycles. The van der Waals surface area contributed by atoms with Crippen LogP contribution in [-0.4, -0.2) is 43.2 Å². The van der Waals surface area contributed by atoms with Crippen molar-refractivity contribution in [1.82, 2.24) is 16.1 Å². The normalized spacial score (nSPS) is 17.5. The highest BCUT2D eigenvalue weighted by Gasteiger charge is 2.60. The largest absolute Gasteiger partial charge is 0.455 e. The lowest BCUT2D eigenvalue weighted by Crippen LogP contribution is -2.48. The minimum Gasteiger partial charge on any atom is -0.348 e. The zero-order valence-electron chi connectivity index (χ0n) is 20.7. The number of halogens is 10. The van der Waals surface area contributed by atoms with Gasteiger partial charge < -0.3 is 10.6 Å².